The van der Waals surface area contributed by atoms with Crippen molar-refractivity contribution in [1.82, 2.24) is 9.88 Å². The van der Waals surface area contributed by atoms with E-state index in [9.17, 15) is 23.1 Å². The van der Waals surface area contributed by atoms with Crippen LogP contribution in [0.15, 0.2) is 42.5 Å². The highest BCUT2D eigenvalue weighted by Crippen LogP contribution is 2.42. The van der Waals surface area contributed by atoms with Crippen LogP contribution in [-0.4, -0.2) is 46.2 Å². The van der Waals surface area contributed by atoms with Gasteiger partial charge in [0.25, 0.3) is 5.91 Å². The van der Waals surface area contributed by atoms with Crippen molar-refractivity contribution in [1.29, 1.82) is 0 Å². The number of aromatic nitrogens is 1. The number of nitrogens with two attached hydrogens (primary N) is 1. The molecule has 3 N–H and O–H groups in total. The topological polar surface area (TPSA) is 97.9 Å². The number of benzene rings is 2. The van der Waals surface area contributed by atoms with E-state index in [1.165, 1.54) is 18.2 Å². The smallest absolute Gasteiger partial charge is 0.433 e. The molecule has 0 atom stereocenters. The predicted octanol–water partition coefficient (Wildman–Crippen LogP) is 6.10. The minimum absolute atomic E-state index is 0.0409. The first-order chi connectivity index (χ1) is 18.8. The molecule has 1 saturated heterocycles. The van der Waals surface area contributed by atoms with Gasteiger partial charge >= 0.3 is 6.18 Å². The zero-order valence-corrected chi connectivity index (χ0v) is 23.1. The molecule has 0 bridgehead atoms. The number of carbonyl (C=O) groups is 1. The summed E-state index contributed by atoms with van der Waals surface area (Å²) in [6.45, 7) is 8.82. The highest BCUT2D eigenvalue weighted by molar-refractivity contribution is 5.95. The summed E-state index contributed by atoms with van der Waals surface area (Å²) < 4.78 is 55.9. The van der Waals surface area contributed by atoms with Gasteiger partial charge in [-0.3, -0.25) is 9.69 Å². The Hall–Kier alpha value is -3.63. The fourth-order valence-corrected chi connectivity index (χ4v) is 5.11. The Balaban J connectivity index is 1.93. The van der Waals surface area contributed by atoms with Gasteiger partial charge in [-0.05, 0) is 49.9 Å². The van der Waals surface area contributed by atoms with Crippen molar-refractivity contribution >= 4 is 5.91 Å². The Morgan fingerprint density at radius 2 is 1.82 bits per heavy atom. The molecule has 1 aromatic heterocycles. The fourth-order valence-electron chi connectivity index (χ4n) is 5.11. The fraction of sp³-hybridized carbons (Fsp3) is 0.400. The van der Waals surface area contributed by atoms with E-state index < -0.39 is 29.1 Å². The molecule has 0 aliphatic carbocycles. The molecule has 0 radical (unpaired) electrons. The normalized spacial score (nSPS) is 15.7. The number of rotatable bonds is 8. The Morgan fingerprint density at radius 1 is 1.15 bits per heavy atom. The summed E-state index contributed by atoms with van der Waals surface area (Å²) in [6.07, 6.45) is -3.55. The average Bonchev–Trinajstić information content (AvgIpc) is 2.87. The molecular weight excluding hydrogens is 523 g/mol. The number of hydrogen-bond acceptors (Lipinski definition) is 6. The van der Waals surface area contributed by atoms with Crippen molar-refractivity contribution in [2.24, 2.45) is 5.73 Å². The summed E-state index contributed by atoms with van der Waals surface area (Å²) in [5.41, 5.74) is 6.02. The van der Waals surface area contributed by atoms with E-state index in [0.717, 1.165) is 17.2 Å². The number of nitrogens with zero attached hydrogens (tertiary/aromatic N) is 2. The number of phenols is 1. The summed E-state index contributed by atoms with van der Waals surface area (Å²) in [6, 6.07) is 11.0. The Morgan fingerprint density at radius 3 is 2.38 bits per heavy atom. The van der Waals surface area contributed by atoms with Gasteiger partial charge in [-0.1, -0.05) is 32.0 Å². The molecule has 214 valence electrons. The van der Waals surface area contributed by atoms with E-state index in [4.69, 9.17) is 15.2 Å². The summed E-state index contributed by atoms with van der Waals surface area (Å²) in [4.78, 5) is 17.7. The van der Waals surface area contributed by atoms with Crippen molar-refractivity contribution in [3.63, 3.8) is 0 Å². The van der Waals surface area contributed by atoms with Crippen LogP contribution in [0.3, 0.4) is 0 Å². The number of primary amides is 1. The van der Waals surface area contributed by atoms with Crippen molar-refractivity contribution in [3.8, 4) is 28.5 Å². The lowest BCUT2D eigenvalue weighted by Gasteiger charge is -2.38. The summed E-state index contributed by atoms with van der Waals surface area (Å²) in [5, 5.41) is 10.3. The molecule has 3 aromatic rings. The third-order valence-electron chi connectivity index (χ3n) is 6.96. The molecule has 10 heteroatoms. The number of carbonyl (C=O) groups excluding carboxylic acids is 1. The van der Waals surface area contributed by atoms with Gasteiger partial charge in [0.1, 0.15) is 17.2 Å². The third-order valence-corrected chi connectivity index (χ3v) is 6.96. The van der Waals surface area contributed by atoms with Gasteiger partial charge in [0.05, 0.1) is 23.5 Å². The van der Waals surface area contributed by atoms with Crippen LogP contribution in [0.1, 0.15) is 60.4 Å². The maximum Gasteiger partial charge on any atom is 0.433 e. The maximum absolute atomic E-state index is 14.7. The lowest BCUT2D eigenvalue weighted by molar-refractivity contribution is -0.142. The van der Waals surface area contributed by atoms with Gasteiger partial charge in [0.2, 0.25) is 0 Å². The molecular formula is C30H34F3N3O4. The number of halogens is 3. The Labute approximate surface area is 231 Å². The van der Waals surface area contributed by atoms with Crippen LogP contribution in [0.2, 0.25) is 0 Å². The quantitative estimate of drug-likeness (QED) is 0.347. The number of hydrogen-bond donors (Lipinski definition) is 2. The minimum atomic E-state index is -4.77. The van der Waals surface area contributed by atoms with Gasteiger partial charge in [-0.2, -0.15) is 13.2 Å². The molecule has 40 heavy (non-hydrogen) atoms. The molecule has 1 aliphatic rings. The van der Waals surface area contributed by atoms with Crippen LogP contribution >= 0.6 is 0 Å². The van der Waals surface area contributed by atoms with Gasteiger partial charge in [-0.25, -0.2) is 4.98 Å². The predicted molar refractivity (Wildman–Crippen MR) is 145 cm³/mol. The monoisotopic (exact) mass is 557 g/mol. The second-order valence-corrected chi connectivity index (χ2v) is 10.5. The number of ether oxygens (including phenoxy) is 2. The highest BCUT2D eigenvalue weighted by atomic mass is 19.4. The number of aryl methyl sites for hydroxylation is 2. The summed E-state index contributed by atoms with van der Waals surface area (Å²) in [7, 11) is 0. The number of morpholine rings is 1. The number of alkyl halides is 3. The lowest BCUT2D eigenvalue weighted by Crippen LogP contribution is -2.47. The average molecular weight is 558 g/mol. The Kier molecular flexibility index (Phi) is 8.41. The van der Waals surface area contributed by atoms with Gasteiger partial charge in [0, 0.05) is 42.9 Å². The largest absolute Gasteiger partial charge is 0.507 e. The molecule has 2 heterocycles. The van der Waals surface area contributed by atoms with E-state index in [-0.39, 0.29) is 34.9 Å². The number of aromatic hydroxyl groups is 1. The molecule has 4 rings (SSSR count). The first kappa shape index (κ1) is 29.4. The van der Waals surface area contributed by atoms with E-state index >= 15 is 0 Å². The van der Waals surface area contributed by atoms with Crippen LogP contribution < -0.4 is 10.5 Å². The van der Waals surface area contributed by atoms with Crippen LogP contribution in [-0.2, 0) is 30.3 Å². The number of amides is 1. The second kappa shape index (κ2) is 11.5. The van der Waals surface area contributed by atoms with E-state index in [2.05, 4.69) is 4.98 Å². The molecule has 1 amide bonds. The standard InChI is InChI=1S/C30H34F3N3O4/c1-5-18-8-7-9-19(6-2)26(18)23-15-25(40-20-10-11-21(28(34)38)24(37)14-20)22(27(35-23)30(31,32)33)16-36-12-13-39-29(3,4)17-36/h7-11,14-15,37H,5-6,12-13,16-17H2,1-4H3,(H2,34,38). The van der Waals surface area contributed by atoms with Gasteiger partial charge in [0.15, 0.2) is 5.69 Å². The molecule has 0 spiro atoms. The number of pyridine rings is 1. The van der Waals surface area contributed by atoms with Crippen LogP contribution in [0.4, 0.5) is 13.2 Å². The molecule has 0 saturated carbocycles. The molecule has 1 fully saturated rings. The first-order valence-corrected chi connectivity index (χ1v) is 13.2. The zero-order valence-electron chi connectivity index (χ0n) is 23.1. The molecule has 1 aliphatic heterocycles. The SMILES string of the molecule is CCc1cccc(CC)c1-c1cc(Oc2ccc(C(N)=O)c(O)c2)c(CN2CCOC(C)(C)C2)c(C(F)(F)F)n1. The van der Waals surface area contributed by atoms with Crippen LogP contribution in [0.5, 0.6) is 17.2 Å². The van der Waals surface area contributed by atoms with Crippen LogP contribution in [0, 0.1) is 0 Å². The van der Waals surface area contributed by atoms with E-state index in [1.54, 1.807) is 0 Å². The van der Waals surface area contributed by atoms with E-state index in [1.807, 2.05) is 50.8 Å². The van der Waals surface area contributed by atoms with Crippen molar-refractivity contribution in [2.75, 3.05) is 19.7 Å². The van der Waals surface area contributed by atoms with Crippen molar-refractivity contribution < 1.29 is 32.5 Å². The second-order valence-electron chi connectivity index (χ2n) is 10.5. The minimum Gasteiger partial charge on any atom is -0.507 e. The molecule has 2 aromatic carbocycles. The lowest BCUT2D eigenvalue weighted by atomic mass is 9.93. The summed E-state index contributed by atoms with van der Waals surface area (Å²) >= 11 is 0. The first-order valence-electron chi connectivity index (χ1n) is 13.2. The zero-order chi connectivity index (χ0) is 29.2. The van der Waals surface area contributed by atoms with Gasteiger partial charge < -0.3 is 20.3 Å². The van der Waals surface area contributed by atoms with Gasteiger partial charge in [-0.15, -0.1) is 0 Å². The van der Waals surface area contributed by atoms with Crippen molar-refractivity contribution in [3.05, 3.63) is 70.4 Å². The van der Waals surface area contributed by atoms with Crippen molar-refractivity contribution in [2.45, 2.75) is 58.9 Å². The summed E-state index contributed by atoms with van der Waals surface area (Å²) in [5.74, 6) is -1.26. The molecule has 7 nitrogen and oxygen atoms in total. The van der Waals surface area contributed by atoms with E-state index in [0.29, 0.717) is 38.1 Å². The maximum atomic E-state index is 14.7. The highest BCUT2D eigenvalue weighted by Gasteiger charge is 2.39. The third kappa shape index (κ3) is 6.39. The van der Waals surface area contributed by atoms with Crippen LogP contribution in [0.25, 0.3) is 11.3 Å². The Bertz CT molecular complexity index is 1380. The molecule has 0 unspecified atom stereocenters.